The first-order valence-corrected chi connectivity index (χ1v) is 8.56. The van der Waals surface area contributed by atoms with Gasteiger partial charge >= 0.3 is 0 Å². The molecule has 8 heteroatoms. The second kappa shape index (κ2) is 5.89. The van der Waals surface area contributed by atoms with E-state index in [9.17, 15) is 8.42 Å². The molecule has 0 spiro atoms. The predicted molar refractivity (Wildman–Crippen MR) is 73.2 cm³/mol. The molecule has 3 N–H and O–H groups in total. The lowest BCUT2D eigenvalue weighted by Gasteiger charge is -2.03. The van der Waals surface area contributed by atoms with Crippen LogP contribution < -0.4 is 10.5 Å². The van der Waals surface area contributed by atoms with Crippen LogP contribution in [0.4, 0.5) is 0 Å². The first-order valence-electron chi connectivity index (χ1n) is 5.26. The van der Waals surface area contributed by atoms with Gasteiger partial charge < -0.3 is 5.73 Å². The highest BCUT2D eigenvalue weighted by Crippen LogP contribution is 2.19. The second-order valence-corrected chi connectivity index (χ2v) is 7.23. The fraction of sp³-hybridized carbons (Fsp3) is 0.300. The average molecular weight is 303 g/mol. The van der Waals surface area contributed by atoms with Gasteiger partial charge in [-0.1, -0.05) is 0 Å². The summed E-state index contributed by atoms with van der Waals surface area (Å²) >= 11 is 2.68. The van der Waals surface area contributed by atoms with Crippen molar-refractivity contribution in [1.82, 2.24) is 9.71 Å². The highest BCUT2D eigenvalue weighted by atomic mass is 32.2. The van der Waals surface area contributed by atoms with Gasteiger partial charge in [-0.3, -0.25) is 0 Å². The van der Waals surface area contributed by atoms with Crippen LogP contribution in [0.5, 0.6) is 0 Å². The summed E-state index contributed by atoms with van der Waals surface area (Å²) in [7, 11) is -3.41. The van der Waals surface area contributed by atoms with Gasteiger partial charge in [0.1, 0.15) is 4.21 Å². The maximum atomic E-state index is 11.9. The smallest absolute Gasteiger partial charge is 0.250 e. The molecule has 0 aliphatic heterocycles. The molecule has 0 atom stereocenters. The Kier molecular flexibility index (Phi) is 4.46. The monoisotopic (exact) mass is 303 g/mol. The Balaban J connectivity index is 1.95. The number of nitrogens with two attached hydrogens (primary N) is 1. The molecular formula is C10H13N3O2S3. The third-order valence-corrected chi connectivity index (χ3v) is 5.87. The molecule has 0 radical (unpaired) electrons. The Labute approximate surface area is 114 Å². The SMILES string of the molecule is NCc1csc(S(=O)(=O)NCCc2cscn2)c1. The van der Waals surface area contributed by atoms with E-state index in [-0.39, 0.29) is 0 Å². The predicted octanol–water partition coefficient (Wildman–Crippen LogP) is 1.18. The van der Waals surface area contributed by atoms with Gasteiger partial charge in [-0.25, -0.2) is 18.1 Å². The molecule has 0 amide bonds. The lowest BCUT2D eigenvalue weighted by atomic mass is 10.3. The molecule has 98 valence electrons. The van der Waals surface area contributed by atoms with Crippen molar-refractivity contribution in [1.29, 1.82) is 0 Å². The minimum Gasteiger partial charge on any atom is -0.326 e. The quantitative estimate of drug-likeness (QED) is 0.839. The lowest BCUT2D eigenvalue weighted by molar-refractivity contribution is 0.583. The van der Waals surface area contributed by atoms with E-state index in [0.29, 0.717) is 23.7 Å². The van der Waals surface area contributed by atoms with Gasteiger partial charge in [0.15, 0.2) is 0 Å². The number of aromatic nitrogens is 1. The average Bonchev–Trinajstić information content (AvgIpc) is 2.99. The van der Waals surface area contributed by atoms with E-state index >= 15 is 0 Å². The summed E-state index contributed by atoms with van der Waals surface area (Å²) in [4.78, 5) is 4.10. The molecule has 0 saturated carbocycles. The van der Waals surface area contributed by atoms with Crippen LogP contribution in [-0.4, -0.2) is 19.9 Å². The molecule has 0 bridgehead atoms. The molecule has 2 aromatic heterocycles. The minimum atomic E-state index is -3.41. The van der Waals surface area contributed by atoms with Crippen molar-refractivity contribution in [2.24, 2.45) is 5.73 Å². The fourth-order valence-electron chi connectivity index (χ4n) is 1.35. The molecule has 0 aliphatic rings. The van der Waals surface area contributed by atoms with Crippen LogP contribution in [0.3, 0.4) is 0 Å². The fourth-order valence-corrected chi connectivity index (χ4v) is 4.24. The Hall–Kier alpha value is -0.800. The molecule has 0 aromatic carbocycles. The highest BCUT2D eigenvalue weighted by molar-refractivity contribution is 7.91. The second-order valence-electron chi connectivity index (χ2n) is 3.61. The summed E-state index contributed by atoms with van der Waals surface area (Å²) in [5, 5.41) is 3.67. The number of nitrogens with one attached hydrogen (secondary N) is 1. The molecule has 0 fully saturated rings. The van der Waals surface area contributed by atoms with Crippen molar-refractivity contribution in [3.8, 4) is 0 Å². The van der Waals surface area contributed by atoms with Crippen LogP contribution in [0.2, 0.25) is 0 Å². The van der Waals surface area contributed by atoms with Crippen LogP contribution in [0.1, 0.15) is 11.3 Å². The molecule has 2 aromatic rings. The summed E-state index contributed by atoms with van der Waals surface area (Å²) in [6.07, 6.45) is 0.595. The largest absolute Gasteiger partial charge is 0.326 e. The Morgan fingerprint density at radius 3 is 2.83 bits per heavy atom. The first-order chi connectivity index (χ1) is 8.62. The summed E-state index contributed by atoms with van der Waals surface area (Å²) in [6, 6.07) is 1.61. The van der Waals surface area contributed by atoms with Gasteiger partial charge in [0.25, 0.3) is 0 Å². The number of rotatable bonds is 6. The number of hydrogen-bond acceptors (Lipinski definition) is 6. The van der Waals surface area contributed by atoms with E-state index in [2.05, 4.69) is 9.71 Å². The number of thiazole rings is 1. The molecule has 0 unspecified atom stereocenters. The van der Waals surface area contributed by atoms with Crippen molar-refractivity contribution >= 4 is 32.7 Å². The summed E-state index contributed by atoms with van der Waals surface area (Å²) in [6.45, 7) is 0.701. The third-order valence-electron chi connectivity index (χ3n) is 2.29. The van der Waals surface area contributed by atoms with Gasteiger partial charge in [0.2, 0.25) is 10.0 Å². The number of thiophene rings is 1. The Bertz CT molecular complexity index is 590. The van der Waals surface area contributed by atoms with Crippen molar-refractivity contribution in [3.05, 3.63) is 33.6 Å². The van der Waals surface area contributed by atoms with Gasteiger partial charge in [-0.15, -0.1) is 22.7 Å². The zero-order valence-electron chi connectivity index (χ0n) is 9.50. The summed E-state index contributed by atoms with van der Waals surface area (Å²) in [5.41, 5.74) is 8.92. The molecule has 2 heterocycles. The Morgan fingerprint density at radius 2 is 2.22 bits per heavy atom. The van der Waals surface area contributed by atoms with Gasteiger partial charge in [0, 0.05) is 24.9 Å². The van der Waals surface area contributed by atoms with Crippen molar-refractivity contribution in [2.45, 2.75) is 17.2 Å². The maximum absolute atomic E-state index is 11.9. The number of hydrogen-bond donors (Lipinski definition) is 2. The Morgan fingerprint density at radius 1 is 1.39 bits per heavy atom. The van der Waals surface area contributed by atoms with Crippen LogP contribution >= 0.6 is 22.7 Å². The normalized spacial score (nSPS) is 11.8. The topological polar surface area (TPSA) is 85.1 Å². The third kappa shape index (κ3) is 3.36. The maximum Gasteiger partial charge on any atom is 0.250 e. The van der Waals surface area contributed by atoms with Gasteiger partial charge in [0.05, 0.1) is 11.2 Å². The summed E-state index contributed by atoms with van der Waals surface area (Å²) in [5.74, 6) is 0. The van der Waals surface area contributed by atoms with E-state index in [0.717, 1.165) is 11.3 Å². The summed E-state index contributed by atoms with van der Waals surface area (Å²) < 4.78 is 26.7. The van der Waals surface area contributed by atoms with Crippen LogP contribution in [-0.2, 0) is 23.0 Å². The first kappa shape index (κ1) is 13.6. The highest BCUT2D eigenvalue weighted by Gasteiger charge is 2.15. The van der Waals surface area contributed by atoms with E-state index < -0.39 is 10.0 Å². The molecule has 0 saturated heterocycles. The zero-order valence-corrected chi connectivity index (χ0v) is 11.9. The van der Waals surface area contributed by atoms with E-state index in [1.54, 1.807) is 17.0 Å². The van der Waals surface area contributed by atoms with Crippen molar-refractivity contribution in [3.63, 3.8) is 0 Å². The molecular weight excluding hydrogens is 290 g/mol. The zero-order chi connectivity index (χ0) is 13.0. The molecule has 5 nitrogen and oxygen atoms in total. The number of sulfonamides is 1. The van der Waals surface area contributed by atoms with Crippen molar-refractivity contribution in [2.75, 3.05) is 6.54 Å². The van der Waals surface area contributed by atoms with Crippen molar-refractivity contribution < 1.29 is 8.42 Å². The molecule has 0 aliphatic carbocycles. The van der Waals surface area contributed by atoms with E-state index in [1.807, 2.05) is 5.38 Å². The van der Waals surface area contributed by atoms with Gasteiger partial charge in [-0.2, -0.15) is 0 Å². The van der Waals surface area contributed by atoms with Crippen LogP contribution in [0.15, 0.2) is 26.5 Å². The molecule has 2 rings (SSSR count). The van der Waals surface area contributed by atoms with Gasteiger partial charge in [-0.05, 0) is 17.0 Å². The van der Waals surface area contributed by atoms with E-state index in [4.69, 9.17) is 5.73 Å². The van der Waals surface area contributed by atoms with Crippen LogP contribution in [0, 0.1) is 0 Å². The lowest BCUT2D eigenvalue weighted by Crippen LogP contribution is -2.25. The number of nitrogens with zero attached hydrogens (tertiary/aromatic N) is 1. The van der Waals surface area contributed by atoms with E-state index in [1.165, 1.54) is 22.7 Å². The standard InChI is InChI=1S/C10H13N3O2S3/c11-4-8-3-10(17-5-8)18(14,15)13-2-1-9-6-16-7-12-9/h3,5-7,13H,1-2,4,11H2. The van der Waals surface area contributed by atoms with Crippen LogP contribution in [0.25, 0.3) is 0 Å². The molecule has 18 heavy (non-hydrogen) atoms. The minimum absolute atomic E-state index is 0.307.